The molecule has 2 amide bonds. The number of hydrogen-bond acceptors (Lipinski definition) is 11. The van der Waals surface area contributed by atoms with Crippen LogP contribution in [0.1, 0.15) is 93.9 Å². The molecule has 12 nitrogen and oxygen atoms in total. The number of rotatable bonds is 26. The fraction of sp³-hybridized carbons (Fsp3) is 0.903. The Morgan fingerprint density at radius 1 is 0.844 bits per heavy atom. The maximum Gasteiger partial charge on any atom is 0.500 e. The fourth-order valence-corrected chi connectivity index (χ4v) is 7.37. The van der Waals surface area contributed by atoms with Crippen molar-refractivity contribution >= 4 is 38.3 Å². The Bertz CT molecular complexity index is 751. The van der Waals surface area contributed by atoms with Crippen molar-refractivity contribution in [3.63, 3.8) is 0 Å². The molecule has 0 saturated carbocycles. The van der Waals surface area contributed by atoms with Crippen molar-refractivity contribution in [2.45, 2.75) is 112 Å². The summed E-state index contributed by atoms with van der Waals surface area (Å²) < 4.78 is 22.4. The van der Waals surface area contributed by atoms with Crippen LogP contribution in [-0.4, -0.2) is 100 Å². The maximum atomic E-state index is 11.7. The molecule has 5 unspecified atom stereocenters. The quantitative estimate of drug-likeness (QED) is 0.0390. The van der Waals surface area contributed by atoms with Gasteiger partial charge in [0.15, 0.2) is 0 Å². The van der Waals surface area contributed by atoms with E-state index in [0.29, 0.717) is 50.2 Å². The Kier molecular flexibility index (Phi) is 29.5. The molecule has 0 fully saturated rings. The lowest BCUT2D eigenvalue weighted by Crippen LogP contribution is -2.46. The maximum absolute atomic E-state index is 11.7. The Morgan fingerprint density at radius 3 is 1.93 bits per heavy atom. The van der Waals surface area contributed by atoms with E-state index in [1.165, 1.54) is 11.8 Å². The van der Waals surface area contributed by atoms with Crippen molar-refractivity contribution in [2.24, 2.45) is 23.5 Å². The molecule has 0 heterocycles. The van der Waals surface area contributed by atoms with Crippen LogP contribution in [0.5, 0.6) is 0 Å². The second-order valence-electron chi connectivity index (χ2n) is 11.2. The molecule has 0 rings (SSSR count). The molecule has 0 bridgehead atoms. The lowest BCUT2D eigenvalue weighted by Gasteiger charge is -2.28. The molecule has 0 spiro atoms. The molecule has 45 heavy (non-hydrogen) atoms. The van der Waals surface area contributed by atoms with Crippen molar-refractivity contribution in [3.8, 4) is 0 Å². The summed E-state index contributed by atoms with van der Waals surface area (Å²) in [4.78, 5) is 35.0. The number of thioether (sulfide) groups is 1. The number of carbonyl (C=O) groups excluding carboxylic acids is 3. The summed E-state index contributed by atoms with van der Waals surface area (Å²) in [6.45, 7) is 18.3. The first-order valence-corrected chi connectivity index (χ1v) is 19.7. The zero-order valence-corrected chi connectivity index (χ0v) is 31.0. The van der Waals surface area contributed by atoms with Gasteiger partial charge in [-0.15, -0.1) is 0 Å². The first kappa shape index (κ1) is 45.9. The summed E-state index contributed by atoms with van der Waals surface area (Å²) in [6, 6.07) is 0.739. The molecule has 6 N–H and O–H groups in total. The summed E-state index contributed by atoms with van der Waals surface area (Å²) >= 11 is 1.49. The minimum atomic E-state index is -2.55. The predicted octanol–water partition coefficient (Wildman–Crippen LogP) is 3.46. The van der Waals surface area contributed by atoms with E-state index >= 15 is 0 Å². The topological polar surface area (TPSA) is 179 Å². The van der Waals surface area contributed by atoms with Crippen molar-refractivity contribution in [2.75, 3.05) is 51.0 Å². The van der Waals surface area contributed by atoms with Crippen LogP contribution in [0.4, 0.5) is 0 Å². The lowest BCUT2D eigenvalue weighted by molar-refractivity contribution is -0.146. The molecule has 268 valence electrons. The normalized spacial score (nSPS) is 14.7. The van der Waals surface area contributed by atoms with Gasteiger partial charge in [0.25, 0.3) is 0 Å². The SMILES string of the molecule is CCC(C)CCC(O)COC(=O)CCSCC(C)C(=O)NCC(N)O.CCO[Si](CCCNC(=O)C(C)CC)(OCC)OCC. The predicted molar refractivity (Wildman–Crippen MR) is 182 cm³/mol. The third kappa shape index (κ3) is 25.5. The van der Waals surface area contributed by atoms with Crippen LogP contribution in [-0.2, 0) is 32.4 Å². The van der Waals surface area contributed by atoms with E-state index in [2.05, 4.69) is 24.5 Å². The highest BCUT2D eigenvalue weighted by Crippen LogP contribution is 2.18. The highest BCUT2D eigenvalue weighted by atomic mass is 32.2. The molecule has 14 heteroatoms. The summed E-state index contributed by atoms with van der Waals surface area (Å²) in [5, 5.41) is 24.2. The molecule has 5 atom stereocenters. The van der Waals surface area contributed by atoms with Crippen LogP contribution >= 0.6 is 11.8 Å². The van der Waals surface area contributed by atoms with Crippen molar-refractivity contribution in [1.82, 2.24) is 10.6 Å². The highest BCUT2D eigenvalue weighted by molar-refractivity contribution is 7.99. The number of aliphatic hydroxyl groups is 2. The standard InChI is InChI=1S/C17H34N2O5S.C14H31NO4Si/c1-4-12(2)5-6-14(20)10-24-16(22)7-8-25-11-13(3)17(23)19-9-15(18)21;1-6-13(5)14(16)15-11-10-12-20(17-7-2,18-8-3)19-9-4/h12-15,20-21H,4-11,18H2,1-3H3,(H,19,23);13H,6-12H2,1-5H3,(H,15,16). The van der Waals surface area contributed by atoms with Gasteiger partial charge >= 0.3 is 14.8 Å². The molecule has 0 saturated heterocycles. The number of aliphatic hydroxyl groups excluding tert-OH is 2. The number of carbonyl (C=O) groups is 3. The molecule has 0 aliphatic heterocycles. The van der Waals surface area contributed by atoms with Crippen LogP contribution in [0.25, 0.3) is 0 Å². The van der Waals surface area contributed by atoms with Crippen LogP contribution in [0.3, 0.4) is 0 Å². The van der Waals surface area contributed by atoms with Gasteiger partial charge in [-0.1, -0.05) is 41.0 Å². The molecule has 0 aromatic heterocycles. The van der Waals surface area contributed by atoms with E-state index in [0.717, 1.165) is 31.7 Å². The van der Waals surface area contributed by atoms with Gasteiger partial charge in [-0.05, 0) is 52.4 Å². The minimum absolute atomic E-state index is 0.0273. The van der Waals surface area contributed by atoms with Gasteiger partial charge in [0.2, 0.25) is 11.8 Å². The Morgan fingerprint density at radius 2 is 1.42 bits per heavy atom. The third-order valence-electron chi connectivity index (χ3n) is 6.99. The van der Waals surface area contributed by atoms with E-state index in [-0.39, 0.29) is 49.2 Å². The molecule has 0 aromatic rings. The molecule has 0 radical (unpaired) electrons. The van der Waals surface area contributed by atoms with Crippen LogP contribution in [0.15, 0.2) is 0 Å². The monoisotopic (exact) mass is 683 g/mol. The first-order chi connectivity index (χ1) is 21.3. The number of hydrogen-bond donors (Lipinski definition) is 5. The van der Waals surface area contributed by atoms with E-state index in [1.54, 1.807) is 6.92 Å². The van der Waals surface area contributed by atoms with Crippen LogP contribution in [0.2, 0.25) is 6.04 Å². The average molecular weight is 684 g/mol. The molecule has 0 aliphatic carbocycles. The zero-order chi connectivity index (χ0) is 34.7. The highest BCUT2D eigenvalue weighted by Gasteiger charge is 2.39. The molecular formula is C31H65N3O9SSi. The van der Waals surface area contributed by atoms with Crippen molar-refractivity contribution < 1.29 is 42.6 Å². The molecular weight excluding hydrogens is 619 g/mol. The van der Waals surface area contributed by atoms with Gasteiger partial charge < -0.3 is 44.6 Å². The van der Waals surface area contributed by atoms with Crippen LogP contribution in [0, 0.1) is 17.8 Å². The lowest BCUT2D eigenvalue weighted by atomic mass is 10.0. The van der Waals surface area contributed by atoms with E-state index < -0.39 is 21.1 Å². The number of ether oxygens (including phenoxy) is 1. The van der Waals surface area contributed by atoms with Gasteiger partial charge in [0.05, 0.1) is 19.1 Å². The second kappa shape index (κ2) is 28.9. The fourth-order valence-electron chi connectivity index (χ4n) is 3.77. The number of nitrogens with one attached hydrogen (secondary N) is 2. The van der Waals surface area contributed by atoms with Crippen molar-refractivity contribution in [1.29, 1.82) is 0 Å². The first-order valence-electron chi connectivity index (χ1n) is 16.6. The zero-order valence-electron chi connectivity index (χ0n) is 29.2. The second-order valence-corrected chi connectivity index (χ2v) is 15.0. The van der Waals surface area contributed by atoms with Gasteiger partial charge in [0, 0.05) is 55.8 Å². The van der Waals surface area contributed by atoms with Gasteiger partial charge in [-0.3, -0.25) is 14.4 Å². The van der Waals surface area contributed by atoms with E-state index in [9.17, 15) is 19.5 Å². The van der Waals surface area contributed by atoms with Crippen molar-refractivity contribution in [3.05, 3.63) is 0 Å². The van der Waals surface area contributed by atoms with E-state index in [4.69, 9.17) is 28.9 Å². The Hall–Kier alpha value is -1.26. The Balaban J connectivity index is 0. The van der Waals surface area contributed by atoms with E-state index in [1.807, 2.05) is 34.6 Å². The minimum Gasteiger partial charge on any atom is -0.463 e. The number of esters is 1. The van der Waals surface area contributed by atoms with Gasteiger partial charge in [0.1, 0.15) is 12.8 Å². The van der Waals surface area contributed by atoms with Crippen LogP contribution < -0.4 is 16.4 Å². The molecule has 0 aliphatic rings. The summed E-state index contributed by atoms with van der Waals surface area (Å²) in [5.41, 5.74) is 5.15. The summed E-state index contributed by atoms with van der Waals surface area (Å²) in [6.07, 6.45) is 2.90. The summed E-state index contributed by atoms with van der Waals surface area (Å²) in [5.74, 6) is 1.13. The van der Waals surface area contributed by atoms with Gasteiger partial charge in [-0.25, -0.2) is 0 Å². The largest absolute Gasteiger partial charge is 0.500 e. The number of nitrogens with two attached hydrogens (primary N) is 1. The number of amides is 2. The average Bonchev–Trinajstić information content (AvgIpc) is 3.01. The smallest absolute Gasteiger partial charge is 0.463 e. The molecule has 0 aromatic carbocycles. The van der Waals surface area contributed by atoms with Gasteiger partial charge in [-0.2, -0.15) is 11.8 Å². The third-order valence-corrected chi connectivity index (χ3v) is 11.4. The summed E-state index contributed by atoms with van der Waals surface area (Å²) in [7, 11) is -2.55. The Labute approximate surface area is 278 Å².